The average molecular weight is 320 g/mol. The molecule has 2 N–H and O–H groups in total. The Bertz CT molecular complexity index is 487. The molecule has 0 saturated carbocycles. The van der Waals surface area contributed by atoms with Crippen LogP contribution in [0.1, 0.15) is 6.42 Å². The minimum Gasteiger partial charge on any atom is -0.381 e. The van der Waals surface area contributed by atoms with Crippen molar-refractivity contribution in [1.29, 1.82) is 0 Å². The van der Waals surface area contributed by atoms with Crippen molar-refractivity contribution in [3.63, 3.8) is 0 Å². The first-order valence-electron chi connectivity index (χ1n) is 8.17. The number of carbonyl (C=O) groups is 1. The van der Waals surface area contributed by atoms with Crippen LogP contribution in [-0.2, 0) is 9.47 Å². The number of pyridine rings is 1. The summed E-state index contributed by atoms with van der Waals surface area (Å²) in [6, 6.07) is 3.64. The van der Waals surface area contributed by atoms with Crippen LogP contribution in [0.2, 0.25) is 0 Å². The number of urea groups is 1. The van der Waals surface area contributed by atoms with E-state index in [1.807, 2.05) is 0 Å². The smallest absolute Gasteiger partial charge is 0.319 e. The molecule has 0 aliphatic carbocycles. The number of nitrogens with zero attached hydrogens (tertiary/aromatic N) is 2. The molecule has 2 amide bonds. The summed E-state index contributed by atoms with van der Waals surface area (Å²) >= 11 is 0. The van der Waals surface area contributed by atoms with Gasteiger partial charge in [0.1, 0.15) is 0 Å². The minimum absolute atomic E-state index is 0.187. The number of nitrogens with one attached hydrogen (secondary N) is 2. The van der Waals surface area contributed by atoms with E-state index in [0.717, 1.165) is 51.6 Å². The Morgan fingerprint density at radius 1 is 1.26 bits per heavy atom. The van der Waals surface area contributed by atoms with E-state index in [0.29, 0.717) is 18.5 Å². The highest BCUT2D eigenvalue weighted by molar-refractivity contribution is 5.89. The molecule has 2 aliphatic heterocycles. The van der Waals surface area contributed by atoms with Gasteiger partial charge in [0.15, 0.2) is 0 Å². The van der Waals surface area contributed by atoms with Crippen molar-refractivity contribution >= 4 is 11.7 Å². The maximum atomic E-state index is 12.1. The highest BCUT2D eigenvalue weighted by Gasteiger charge is 2.31. The number of aromatic nitrogens is 1. The summed E-state index contributed by atoms with van der Waals surface area (Å²) in [5.74, 6) is 0.467. The van der Waals surface area contributed by atoms with Gasteiger partial charge in [0.05, 0.1) is 19.8 Å². The molecule has 2 aliphatic rings. The lowest BCUT2D eigenvalue weighted by Crippen LogP contribution is -2.52. The number of morpholine rings is 1. The first kappa shape index (κ1) is 16.2. The van der Waals surface area contributed by atoms with E-state index in [1.54, 1.807) is 24.5 Å². The van der Waals surface area contributed by atoms with Crippen LogP contribution in [0.15, 0.2) is 24.5 Å². The Morgan fingerprint density at radius 3 is 2.74 bits per heavy atom. The predicted octanol–water partition coefficient (Wildman–Crippen LogP) is 0.940. The minimum atomic E-state index is -0.187. The second-order valence-electron chi connectivity index (χ2n) is 5.91. The molecular formula is C16H24N4O3. The monoisotopic (exact) mass is 320 g/mol. The molecule has 7 heteroatoms. The predicted molar refractivity (Wildman–Crippen MR) is 86.4 cm³/mol. The first-order chi connectivity index (χ1) is 11.3. The molecule has 0 aromatic carbocycles. The van der Waals surface area contributed by atoms with Gasteiger partial charge in [0.2, 0.25) is 0 Å². The third kappa shape index (κ3) is 4.63. The van der Waals surface area contributed by atoms with Gasteiger partial charge in [-0.15, -0.1) is 0 Å². The first-order valence-corrected chi connectivity index (χ1v) is 8.17. The maximum absolute atomic E-state index is 12.1. The summed E-state index contributed by atoms with van der Waals surface area (Å²) < 4.78 is 11.0. The zero-order chi connectivity index (χ0) is 15.9. The molecule has 0 radical (unpaired) electrons. The quantitative estimate of drug-likeness (QED) is 0.844. The number of hydrogen-bond donors (Lipinski definition) is 2. The van der Waals surface area contributed by atoms with E-state index in [4.69, 9.17) is 9.47 Å². The molecule has 1 aromatic heterocycles. The summed E-state index contributed by atoms with van der Waals surface area (Å²) in [5, 5.41) is 5.82. The highest BCUT2D eigenvalue weighted by Crippen LogP contribution is 2.21. The summed E-state index contributed by atoms with van der Waals surface area (Å²) in [4.78, 5) is 18.4. The standard InChI is InChI=1S/C16H24N4O3/c21-16(19-14-1-4-17-5-2-14)18-11-15(13-3-8-23-12-13)20-6-9-22-10-7-20/h1-2,4-5,13,15H,3,6-12H2,(H2,17,18,19,21)/t13-,15+/m0/s1. The van der Waals surface area contributed by atoms with Crippen molar-refractivity contribution in [3.8, 4) is 0 Å². The molecular weight excluding hydrogens is 296 g/mol. The molecule has 2 atom stereocenters. The molecule has 2 saturated heterocycles. The largest absolute Gasteiger partial charge is 0.381 e. The van der Waals surface area contributed by atoms with Gasteiger partial charge in [-0.2, -0.15) is 0 Å². The Kier molecular flexibility index (Phi) is 5.79. The van der Waals surface area contributed by atoms with Crippen molar-refractivity contribution in [2.24, 2.45) is 5.92 Å². The van der Waals surface area contributed by atoms with Gasteiger partial charge in [0, 0.05) is 56.3 Å². The number of carbonyl (C=O) groups excluding carboxylic acids is 1. The van der Waals surface area contributed by atoms with Crippen LogP contribution in [0, 0.1) is 5.92 Å². The summed E-state index contributed by atoms with van der Waals surface area (Å²) in [6.07, 6.45) is 4.36. The fourth-order valence-electron chi connectivity index (χ4n) is 3.17. The van der Waals surface area contributed by atoms with E-state index in [1.165, 1.54) is 0 Å². The van der Waals surface area contributed by atoms with E-state index in [-0.39, 0.29) is 6.03 Å². The molecule has 3 rings (SSSR count). The number of ether oxygens (including phenoxy) is 2. The van der Waals surface area contributed by atoms with Crippen LogP contribution >= 0.6 is 0 Å². The fourth-order valence-corrected chi connectivity index (χ4v) is 3.17. The van der Waals surface area contributed by atoms with Gasteiger partial charge < -0.3 is 20.1 Å². The number of amides is 2. The number of rotatable bonds is 5. The van der Waals surface area contributed by atoms with Crippen LogP contribution < -0.4 is 10.6 Å². The van der Waals surface area contributed by atoms with Crippen LogP contribution in [0.3, 0.4) is 0 Å². The maximum Gasteiger partial charge on any atom is 0.319 e. The lowest BCUT2D eigenvalue weighted by atomic mass is 9.97. The average Bonchev–Trinajstić information content (AvgIpc) is 3.11. The summed E-state index contributed by atoms with van der Waals surface area (Å²) in [5.41, 5.74) is 0.740. The van der Waals surface area contributed by atoms with E-state index in [2.05, 4.69) is 20.5 Å². The second kappa shape index (κ2) is 8.24. The molecule has 1 aromatic rings. The van der Waals surface area contributed by atoms with Gasteiger partial charge in [-0.1, -0.05) is 0 Å². The van der Waals surface area contributed by atoms with Crippen LogP contribution in [0.25, 0.3) is 0 Å². The van der Waals surface area contributed by atoms with Gasteiger partial charge in [-0.05, 0) is 18.6 Å². The molecule has 23 heavy (non-hydrogen) atoms. The molecule has 126 valence electrons. The number of anilines is 1. The van der Waals surface area contributed by atoms with Crippen molar-refractivity contribution in [2.75, 3.05) is 51.4 Å². The van der Waals surface area contributed by atoms with Crippen LogP contribution in [-0.4, -0.2) is 68.0 Å². The number of hydrogen-bond acceptors (Lipinski definition) is 5. The zero-order valence-corrected chi connectivity index (χ0v) is 13.2. The van der Waals surface area contributed by atoms with E-state index < -0.39 is 0 Å². The lowest BCUT2D eigenvalue weighted by molar-refractivity contribution is 0.00222. The molecule has 0 unspecified atom stereocenters. The summed E-state index contributed by atoms with van der Waals surface area (Å²) in [7, 11) is 0. The highest BCUT2D eigenvalue weighted by atomic mass is 16.5. The molecule has 0 bridgehead atoms. The second-order valence-corrected chi connectivity index (χ2v) is 5.91. The third-order valence-corrected chi connectivity index (χ3v) is 4.43. The van der Waals surface area contributed by atoms with E-state index in [9.17, 15) is 4.79 Å². The third-order valence-electron chi connectivity index (χ3n) is 4.43. The molecule has 7 nitrogen and oxygen atoms in total. The Hall–Kier alpha value is -1.70. The van der Waals surface area contributed by atoms with Gasteiger partial charge >= 0.3 is 6.03 Å². The van der Waals surface area contributed by atoms with Crippen molar-refractivity contribution < 1.29 is 14.3 Å². The Labute approximate surface area is 136 Å². The van der Waals surface area contributed by atoms with Gasteiger partial charge in [-0.25, -0.2) is 4.79 Å². The molecule has 2 fully saturated rings. The lowest BCUT2D eigenvalue weighted by Gasteiger charge is -2.37. The SMILES string of the molecule is O=C(NC[C@H]([C@H]1CCOC1)N1CCOCC1)Nc1ccncc1. The Balaban J connectivity index is 1.54. The van der Waals surface area contributed by atoms with Crippen molar-refractivity contribution in [2.45, 2.75) is 12.5 Å². The Morgan fingerprint density at radius 2 is 2.04 bits per heavy atom. The van der Waals surface area contributed by atoms with Crippen molar-refractivity contribution in [3.05, 3.63) is 24.5 Å². The molecule has 3 heterocycles. The van der Waals surface area contributed by atoms with E-state index >= 15 is 0 Å². The topological polar surface area (TPSA) is 75.7 Å². The zero-order valence-electron chi connectivity index (χ0n) is 13.2. The van der Waals surface area contributed by atoms with Gasteiger partial charge in [-0.3, -0.25) is 9.88 Å². The summed E-state index contributed by atoms with van der Waals surface area (Å²) in [6.45, 7) is 5.54. The van der Waals surface area contributed by atoms with Crippen molar-refractivity contribution in [1.82, 2.24) is 15.2 Å². The normalized spacial score (nSPS) is 23.4. The molecule has 0 spiro atoms. The fraction of sp³-hybridized carbons (Fsp3) is 0.625. The van der Waals surface area contributed by atoms with Gasteiger partial charge in [0.25, 0.3) is 0 Å². The van der Waals surface area contributed by atoms with Crippen LogP contribution in [0.5, 0.6) is 0 Å². The van der Waals surface area contributed by atoms with Crippen LogP contribution in [0.4, 0.5) is 10.5 Å².